The molecular formula is C5H5N5. The fourth-order valence-corrected chi connectivity index (χ4v) is 0.312. The first kappa shape index (κ1) is 8.12. The third-order valence-corrected chi connectivity index (χ3v) is 0.737. The van der Waals surface area contributed by atoms with Gasteiger partial charge in [0.1, 0.15) is 0 Å². The van der Waals surface area contributed by atoms with Crippen LogP contribution in [0.3, 0.4) is 0 Å². The van der Waals surface area contributed by atoms with Gasteiger partial charge in [0.25, 0.3) is 5.84 Å². The Balaban J connectivity index is 4.29. The molecule has 0 bridgehead atoms. The second-order valence-corrected chi connectivity index (χ2v) is 1.33. The predicted molar refractivity (Wildman–Crippen MR) is 36.4 cm³/mol. The molecule has 0 rings (SSSR count). The van der Waals surface area contributed by atoms with Gasteiger partial charge in [-0.15, -0.1) is 0 Å². The molecule has 0 aliphatic carbocycles. The van der Waals surface area contributed by atoms with Crippen LogP contribution in [0, 0.1) is 23.3 Å². The molecule has 0 heterocycles. The largest absolute Gasteiger partial charge is 0.390 e. The van der Waals surface area contributed by atoms with E-state index in [4.69, 9.17) is 23.0 Å². The summed E-state index contributed by atoms with van der Waals surface area (Å²) in [5, 5.41) is 15.1. The Morgan fingerprint density at radius 2 is 2.60 bits per heavy atom. The Kier molecular flexibility index (Phi) is 3.28. The van der Waals surface area contributed by atoms with E-state index in [1.807, 2.05) is 0 Å². The van der Waals surface area contributed by atoms with Crippen molar-refractivity contribution in [3.8, 4) is 6.07 Å². The van der Waals surface area contributed by atoms with Crippen LogP contribution in [-0.4, -0.2) is 18.2 Å². The molecule has 50 valence electrons. The average molecular weight is 135 g/mol. The van der Waals surface area contributed by atoms with Crippen molar-refractivity contribution in [3.05, 3.63) is 11.4 Å². The topological polar surface area (TPSA) is 90.4 Å². The lowest BCUT2D eigenvalue weighted by Crippen LogP contribution is -2.12. The van der Waals surface area contributed by atoms with Gasteiger partial charge < -0.3 is 10.6 Å². The first-order valence-electron chi connectivity index (χ1n) is 2.35. The normalized spacial score (nSPS) is 11.8. The van der Waals surface area contributed by atoms with Gasteiger partial charge in [-0.05, 0) is 0 Å². The Labute approximate surface area is 58.1 Å². The fourth-order valence-electron chi connectivity index (χ4n) is 0.312. The van der Waals surface area contributed by atoms with Crippen molar-refractivity contribution in [1.82, 2.24) is 0 Å². The Bertz CT molecular complexity index is 227. The number of aliphatic imine (C=N–C) groups is 1. The van der Waals surface area contributed by atoms with Crippen LogP contribution in [-0.2, 0) is 0 Å². The van der Waals surface area contributed by atoms with Crippen molar-refractivity contribution in [3.63, 3.8) is 0 Å². The van der Waals surface area contributed by atoms with Crippen molar-refractivity contribution in [2.75, 3.05) is 0 Å². The minimum atomic E-state index is -1.04. The molecule has 0 radical (unpaired) electrons. The van der Waals surface area contributed by atoms with E-state index in [0.29, 0.717) is 0 Å². The smallest absolute Gasteiger partial charge is 0.277 e. The molecule has 0 fully saturated rings. The van der Waals surface area contributed by atoms with Crippen LogP contribution in [0.1, 0.15) is 0 Å². The summed E-state index contributed by atoms with van der Waals surface area (Å²) in [6, 6.07) is 0.598. The molecule has 0 saturated heterocycles. The molecule has 5 nitrogen and oxygen atoms in total. The molecule has 0 aliphatic heterocycles. The number of amidine groups is 1. The highest BCUT2D eigenvalue weighted by Crippen LogP contribution is 1.90. The van der Waals surface area contributed by atoms with E-state index >= 15 is 0 Å². The molecule has 0 amide bonds. The van der Waals surface area contributed by atoms with Crippen LogP contribution >= 0.6 is 0 Å². The molecule has 10 heavy (non-hydrogen) atoms. The van der Waals surface area contributed by atoms with Gasteiger partial charge in [-0.3, -0.25) is 4.99 Å². The second-order valence-electron chi connectivity index (χ2n) is 1.33. The molecule has 0 aliphatic rings. The monoisotopic (exact) mass is 135 g/mol. The molecule has 1 atom stereocenters. The second kappa shape index (κ2) is 4.04. The van der Waals surface area contributed by atoms with Gasteiger partial charge in [0.05, 0.1) is 12.4 Å². The van der Waals surface area contributed by atoms with Gasteiger partial charge >= 0.3 is 0 Å². The zero-order valence-corrected chi connectivity index (χ0v) is 5.07. The van der Waals surface area contributed by atoms with Gasteiger partial charge in [0.2, 0.25) is 0 Å². The van der Waals surface area contributed by atoms with Gasteiger partial charge in [-0.2, -0.15) is 10.7 Å². The summed E-state index contributed by atoms with van der Waals surface area (Å²) >= 11 is 0. The van der Waals surface area contributed by atoms with Crippen molar-refractivity contribution >= 4 is 12.2 Å². The third kappa shape index (κ3) is 1.93. The van der Waals surface area contributed by atoms with Crippen LogP contribution in [0.2, 0.25) is 0 Å². The van der Waals surface area contributed by atoms with Crippen molar-refractivity contribution in [2.45, 2.75) is 6.04 Å². The number of hydrogen-bond acceptors (Lipinski definition) is 3. The maximum absolute atomic E-state index is 8.26. The Morgan fingerprint density at radius 1 is 2.00 bits per heavy atom. The van der Waals surface area contributed by atoms with E-state index in [1.54, 1.807) is 6.07 Å². The van der Waals surface area contributed by atoms with Crippen LogP contribution in [0.4, 0.5) is 0 Å². The Hall–Kier alpha value is -1.88. The number of nitrogens with one attached hydrogen (secondary N) is 1. The molecule has 1 unspecified atom stereocenters. The van der Waals surface area contributed by atoms with Crippen LogP contribution in [0.15, 0.2) is 4.99 Å². The van der Waals surface area contributed by atoms with Gasteiger partial charge in [0.15, 0.2) is 6.04 Å². The lowest BCUT2D eigenvalue weighted by atomic mass is 10.3. The maximum atomic E-state index is 8.26. The summed E-state index contributed by atoms with van der Waals surface area (Å²) in [7, 11) is 0. The summed E-state index contributed by atoms with van der Waals surface area (Å²) in [5.74, 6) is -0.413. The summed E-state index contributed by atoms with van der Waals surface area (Å²) in [5.41, 5.74) is 4.86. The number of hydrogen-bond donors (Lipinski definition) is 2. The van der Waals surface area contributed by atoms with E-state index in [9.17, 15) is 0 Å². The van der Waals surface area contributed by atoms with Gasteiger partial charge in [-0.1, -0.05) is 6.57 Å². The minimum Gasteiger partial charge on any atom is -0.390 e. The Morgan fingerprint density at radius 3 is 2.90 bits per heavy atom. The highest BCUT2D eigenvalue weighted by Gasteiger charge is 2.09. The lowest BCUT2D eigenvalue weighted by Gasteiger charge is -1.94. The van der Waals surface area contributed by atoms with Gasteiger partial charge in [0, 0.05) is 0 Å². The van der Waals surface area contributed by atoms with Crippen LogP contribution in [0.5, 0.6) is 0 Å². The highest BCUT2D eigenvalue weighted by molar-refractivity contribution is 5.96. The quantitative estimate of drug-likeness (QED) is 0.311. The SMILES string of the molecule is [C-]#[N+]C(=N)C(C#N)N=CN. The standard InChI is InChI=1S/C5H5N5/c1-9-5(8)4(2-6)10-3-7/h3-4,8H,(H2,7,10). The molecule has 3 N–H and O–H groups in total. The van der Waals surface area contributed by atoms with Crippen molar-refractivity contribution < 1.29 is 0 Å². The zero-order valence-electron chi connectivity index (χ0n) is 5.07. The number of nitrogens with two attached hydrogens (primary N) is 1. The van der Waals surface area contributed by atoms with E-state index in [0.717, 1.165) is 6.34 Å². The summed E-state index contributed by atoms with van der Waals surface area (Å²) in [4.78, 5) is 6.09. The first-order valence-corrected chi connectivity index (χ1v) is 2.35. The minimum absolute atomic E-state index is 0.413. The zero-order chi connectivity index (χ0) is 7.98. The summed E-state index contributed by atoms with van der Waals surface area (Å²) in [6.45, 7) is 6.36. The van der Waals surface area contributed by atoms with Crippen LogP contribution in [0.25, 0.3) is 4.85 Å². The number of nitrogens with zero attached hydrogens (tertiary/aromatic N) is 3. The van der Waals surface area contributed by atoms with E-state index in [2.05, 4.69) is 9.84 Å². The maximum Gasteiger partial charge on any atom is 0.277 e. The lowest BCUT2D eigenvalue weighted by molar-refractivity contribution is 1.08. The summed E-state index contributed by atoms with van der Waals surface area (Å²) < 4.78 is 0. The third-order valence-electron chi connectivity index (χ3n) is 0.737. The molecule has 0 saturated carbocycles. The molecule has 0 aromatic carbocycles. The average Bonchev–Trinajstić information content (AvgIpc) is 1.99. The van der Waals surface area contributed by atoms with Crippen LogP contribution < -0.4 is 5.73 Å². The molecule has 5 heteroatoms. The van der Waals surface area contributed by atoms with E-state index < -0.39 is 11.9 Å². The predicted octanol–water partition coefficient (Wildman–Crippen LogP) is -0.238. The molecule has 0 aromatic rings. The molecule has 0 spiro atoms. The van der Waals surface area contributed by atoms with E-state index in [1.165, 1.54) is 0 Å². The van der Waals surface area contributed by atoms with Gasteiger partial charge in [-0.25, -0.2) is 0 Å². The van der Waals surface area contributed by atoms with E-state index in [-0.39, 0.29) is 0 Å². The van der Waals surface area contributed by atoms with Crippen molar-refractivity contribution in [2.24, 2.45) is 10.7 Å². The summed E-state index contributed by atoms with van der Waals surface area (Å²) in [6.07, 6.45) is 0.910. The molecule has 0 aromatic heterocycles. The molecular weight excluding hydrogens is 130 g/mol. The fraction of sp³-hybridized carbons (Fsp3) is 0.200. The number of rotatable bonds is 2. The van der Waals surface area contributed by atoms with Crippen molar-refractivity contribution in [1.29, 1.82) is 10.7 Å². The first-order chi connectivity index (χ1) is 4.76. The number of nitriles is 1. The highest BCUT2D eigenvalue weighted by atomic mass is 14.9.